The minimum atomic E-state index is -0.554. The van der Waals surface area contributed by atoms with Crippen LogP contribution in [-0.2, 0) is 18.3 Å². The van der Waals surface area contributed by atoms with E-state index in [-0.39, 0.29) is 5.56 Å². The molecule has 0 saturated carbocycles. The van der Waals surface area contributed by atoms with Gasteiger partial charge in [0.2, 0.25) is 0 Å². The summed E-state index contributed by atoms with van der Waals surface area (Å²) in [6.45, 7) is 10.1. The first-order valence-corrected chi connectivity index (χ1v) is 15.8. The number of benzene rings is 3. The monoisotopic (exact) mass is 612 g/mol. The van der Waals surface area contributed by atoms with Crippen molar-refractivity contribution in [2.24, 2.45) is 7.05 Å². The number of fused-ring (bicyclic) bond motifs is 1. The van der Waals surface area contributed by atoms with Crippen LogP contribution in [0.25, 0.3) is 22.0 Å². The summed E-state index contributed by atoms with van der Waals surface area (Å²) in [6.07, 6.45) is 5.20. The molecule has 0 saturated heterocycles. The summed E-state index contributed by atoms with van der Waals surface area (Å²) < 4.78 is 13.3. The first-order valence-electron chi connectivity index (χ1n) is 14.6. The highest BCUT2D eigenvalue weighted by Crippen LogP contribution is 2.39. The summed E-state index contributed by atoms with van der Waals surface area (Å²) in [7, 11) is 1.76. The molecule has 0 aliphatic carbocycles. The van der Waals surface area contributed by atoms with Crippen LogP contribution in [0.15, 0.2) is 94.9 Å². The number of carbonyl (C=O) groups excluding carboxylic acids is 1. The first kappa shape index (κ1) is 32.3. The molecule has 5 rings (SSSR count). The van der Waals surface area contributed by atoms with Gasteiger partial charge in [0.25, 0.3) is 5.56 Å². The van der Waals surface area contributed by atoms with Crippen LogP contribution < -0.4 is 20.9 Å². The van der Waals surface area contributed by atoms with Gasteiger partial charge in [0.05, 0.1) is 0 Å². The van der Waals surface area contributed by atoms with Gasteiger partial charge in [-0.05, 0) is 81.1 Å². The van der Waals surface area contributed by atoms with Crippen molar-refractivity contribution in [2.75, 3.05) is 16.9 Å². The Kier molecular flexibility index (Phi) is 10.4. The molecule has 3 aromatic carbocycles. The number of nitrogens with zero attached hydrogens (tertiary/aromatic N) is 1. The van der Waals surface area contributed by atoms with E-state index in [4.69, 9.17) is 9.47 Å². The zero-order valence-corrected chi connectivity index (χ0v) is 27.1. The predicted octanol–water partition coefficient (Wildman–Crippen LogP) is 9.03. The van der Waals surface area contributed by atoms with Gasteiger partial charge in [0.1, 0.15) is 22.6 Å². The van der Waals surface area contributed by atoms with Crippen LogP contribution in [-0.4, -0.2) is 27.5 Å². The van der Waals surface area contributed by atoms with Crippen molar-refractivity contribution in [2.45, 2.75) is 51.7 Å². The van der Waals surface area contributed by atoms with Crippen LogP contribution in [0, 0.1) is 0 Å². The summed E-state index contributed by atoms with van der Waals surface area (Å²) in [5.74, 6) is 1.38. The van der Waals surface area contributed by atoms with Crippen LogP contribution in [0.1, 0.15) is 40.2 Å². The molecular formula is C35H40N4O4S. The molecule has 5 aromatic rings. The summed E-state index contributed by atoms with van der Waals surface area (Å²) >= 11 is 1.65. The van der Waals surface area contributed by atoms with Gasteiger partial charge in [0, 0.05) is 64.8 Å². The summed E-state index contributed by atoms with van der Waals surface area (Å²) in [4.78, 5) is 28.8. The van der Waals surface area contributed by atoms with Crippen molar-refractivity contribution < 1.29 is 14.3 Å². The van der Waals surface area contributed by atoms with E-state index in [9.17, 15) is 9.59 Å². The maximum absolute atomic E-state index is 12.6. The highest BCUT2D eigenvalue weighted by Gasteiger charge is 2.17. The normalized spacial score (nSPS) is 11.0. The maximum Gasteiger partial charge on any atom is 0.412 e. The molecule has 0 bridgehead atoms. The lowest BCUT2D eigenvalue weighted by atomic mass is 10.0. The summed E-state index contributed by atoms with van der Waals surface area (Å²) in [6, 6.07) is 23.4. The number of anilines is 2. The van der Waals surface area contributed by atoms with Crippen molar-refractivity contribution >= 4 is 40.1 Å². The van der Waals surface area contributed by atoms with E-state index in [2.05, 4.69) is 21.7 Å². The van der Waals surface area contributed by atoms with Crippen LogP contribution in [0.3, 0.4) is 0 Å². The highest BCUT2D eigenvalue weighted by molar-refractivity contribution is 7.98. The Balaban J connectivity index is 0.00000216. The van der Waals surface area contributed by atoms with Crippen molar-refractivity contribution in [3.8, 4) is 22.6 Å². The van der Waals surface area contributed by atoms with Crippen LogP contribution in [0.2, 0.25) is 0 Å². The number of aromatic nitrogens is 2. The van der Waals surface area contributed by atoms with E-state index in [1.54, 1.807) is 29.6 Å². The standard InChI is InChI=1S/C33H34N4O4S.C2H6/c1-33(2,3)41-32(39)36-22-11-9-21(10-12-22)19-35-23-7-6-8-24(17-23)40-29-14-13-25(42-5)18-27(29)28-20-37(4)31(38)30-26(28)15-16-34-30;1-2/h6-18,20,34-35H,19H2,1-5H3,(H,36,39);1-2H3. The van der Waals surface area contributed by atoms with E-state index < -0.39 is 11.7 Å². The SMILES string of the molecule is CC.CSc1ccc(Oc2cccc(NCc3ccc(NC(=O)OC(C)(C)C)cc3)c2)c(-c2cn(C)c(=O)c3[nH]ccc23)c1. The second-order valence-corrected chi connectivity index (χ2v) is 11.8. The van der Waals surface area contributed by atoms with E-state index in [0.717, 1.165) is 32.7 Å². The predicted molar refractivity (Wildman–Crippen MR) is 182 cm³/mol. The molecule has 1 amide bonds. The van der Waals surface area contributed by atoms with Gasteiger partial charge in [-0.1, -0.05) is 32.0 Å². The lowest BCUT2D eigenvalue weighted by Crippen LogP contribution is -2.27. The minimum Gasteiger partial charge on any atom is -0.457 e. The van der Waals surface area contributed by atoms with Crippen LogP contribution in [0.5, 0.6) is 11.5 Å². The van der Waals surface area contributed by atoms with Crippen molar-refractivity contribution in [1.82, 2.24) is 9.55 Å². The molecule has 0 fully saturated rings. The van der Waals surface area contributed by atoms with E-state index in [0.29, 0.717) is 29.2 Å². The number of hydrogen-bond donors (Lipinski definition) is 3. The Morgan fingerprint density at radius 1 is 0.955 bits per heavy atom. The van der Waals surface area contributed by atoms with Gasteiger partial charge in [-0.2, -0.15) is 0 Å². The average Bonchev–Trinajstić information content (AvgIpc) is 3.50. The molecule has 230 valence electrons. The fourth-order valence-corrected chi connectivity index (χ4v) is 4.99. The fourth-order valence-electron chi connectivity index (χ4n) is 4.55. The van der Waals surface area contributed by atoms with Crippen molar-refractivity contribution in [1.29, 1.82) is 0 Å². The molecule has 2 aromatic heterocycles. The molecule has 0 radical (unpaired) electrons. The molecular weight excluding hydrogens is 572 g/mol. The van der Waals surface area contributed by atoms with E-state index in [1.165, 1.54) is 0 Å². The van der Waals surface area contributed by atoms with E-state index >= 15 is 0 Å². The molecule has 44 heavy (non-hydrogen) atoms. The molecule has 0 unspecified atom stereocenters. The number of aromatic amines is 1. The average molecular weight is 613 g/mol. The molecule has 0 spiro atoms. The number of H-pyrrole nitrogens is 1. The molecule has 9 heteroatoms. The third kappa shape index (κ3) is 8.05. The Morgan fingerprint density at radius 2 is 1.70 bits per heavy atom. The van der Waals surface area contributed by atoms with Gasteiger partial charge < -0.3 is 24.3 Å². The topological polar surface area (TPSA) is 97.4 Å². The Bertz CT molecular complexity index is 1790. The number of aryl methyl sites for hydroxylation is 1. The van der Waals surface area contributed by atoms with Gasteiger partial charge in [-0.3, -0.25) is 10.1 Å². The number of rotatable bonds is 8. The number of thioether (sulfide) groups is 1. The zero-order chi connectivity index (χ0) is 31.9. The Hall–Kier alpha value is -4.63. The maximum atomic E-state index is 12.6. The molecule has 8 nitrogen and oxygen atoms in total. The van der Waals surface area contributed by atoms with Crippen molar-refractivity contribution in [3.05, 3.63) is 101 Å². The Labute approximate surface area is 262 Å². The van der Waals surface area contributed by atoms with Gasteiger partial charge >= 0.3 is 6.09 Å². The number of pyridine rings is 1. The fraction of sp³-hybridized carbons (Fsp3) is 0.257. The molecule has 0 aliphatic rings. The third-order valence-corrected chi connectivity index (χ3v) is 7.25. The third-order valence-electron chi connectivity index (χ3n) is 6.53. The smallest absolute Gasteiger partial charge is 0.412 e. The molecule has 0 aliphatic heterocycles. The second-order valence-electron chi connectivity index (χ2n) is 10.9. The lowest BCUT2D eigenvalue weighted by Gasteiger charge is -2.19. The number of nitrogens with one attached hydrogen (secondary N) is 3. The first-order chi connectivity index (χ1) is 21.1. The quantitative estimate of drug-likeness (QED) is 0.151. The second kappa shape index (κ2) is 14.2. The number of carbonyl (C=O) groups is 1. The van der Waals surface area contributed by atoms with Gasteiger partial charge in [-0.25, -0.2) is 4.79 Å². The Morgan fingerprint density at radius 3 is 2.41 bits per heavy atom. The van der Waals surface area contributed by atoms with E-state index in [1.807, 2.05) is 114 Å². The highest BCUT2D eigenvalue weighted by atomic mass is 32.2. The lowest BCUT2D eigenvalue weighted by molar-refractivity contribution is 0.0636. The number of amides is 1. The van der Waals surface area contributed by atoms with Crippen LogP contribution >= 0.6 is 11.8 Å². The summed E-state index contributed by atoms with van der Waals surface area (Å²) in [5, 5.41) is 7.04. The largest absolute Gasteiger partial charge is 0.457 e. The van der Waals surface area contributed by atoms with Gasteiger partial charge in [0.15, 0.2) is 0 Å². The molecule has 0 atom stereocenters. The minimum absolute atomic E-state index is 0.0741. The molecule has 2 heterocycles. The number of hydrogen-bond acceptors (Lipinski definition) is 6. The van der Waals surface area contributed by atoms with Crippen LogP contribution in [0.4, 0.5) is 16.2 Å². The number of ether oxygens (including phenoxy) is 2. The summed E-state index contributed by atoms with van der Waals surface area (Å²) in [5.41, 5.74) is 4.38. The zero-order valence-electron chi connectivity index (χ0n) is 26.3. The van der Waals surface area contributed by atoms with Crippen molar-refractivity contribution in [3.63, 3.8) is 0 Å². The van der Waals surface area contributed by atoms with Gasteiger partial charge in [-0.15, -0.1) is 11.8 Å². The molecule has 3 N–H and O–H groups in total.